The maximum absolute atomic E-state index is 13.1. The number of benzene rings is 2. The van der Waals surface area contributed by atoms with Crippen molar-refractivity contribution in [1.29, 1.82) is 5.26 Å². The second kappa shape index (κ2) is 8.89. The number of nitrogens with zero attached hydrogens (tertiary/aromatic N) is 4. The number of H-pyrrole nitrogens is 1. The molecule has 0 spiro atoms. The SMILES string of the molecule is COCc1nnc(-c2cccc(C(=O)N3CCC(c4ccccc4C#N)CC3)c2)[nH]1. The number of hydrogen-bond donors (Lipinski definition) is 1. The predicted octanol–water partition coefficient (Wildman–Crippen LogP) is 3.51. The zero-order valence-electron chi connectivity index (χ0n) is 16.8. The van der Waals surface area contributed by atoms with Crippen molar-refractivity contribution < 1.29 is 9.53 Å². The molecule has 0 saturated carbocycles. The summed E-state index contributed by atoms with van der Waals surface area (Å²) in [6, 6.07) is 17.5. The minimum atomic E-state index is 0.0144. The summed E-state index contributed by atoms with van der Waals surface area (Å²) in [5, 5.41) is 17.5. The molecule has 0 atom stereocenters. The van der Waals surface area contributed by atoms with Gasteiger partial charge in [0.05, 0.1) is 11.6 Å². The largest absolute Gasteiger partial charge is 0.377 e. The molecule has 1 amide bonds. The van der Waals surface area contributed by atoms with E-state index in [-0.39, 0.29) is 5.91 Å². The van der Waals surface area contributed by atoms with Gasteiger partial charge in [0.25, 0.3) is 5.91 Å². The molecule has 1 aromatic heterocycles. The molecule has 0 aliphatic carbocycles. The number of aromatic nitrogens is 3. The monoisotopic (exact) mass is 401 g/mol. The number of ether oxygens (including phenoxy) is 1. The van der Waals surface area contributed by atoms with Crippen LogP contribution in [0, 0.1) is 11.3 Å². The van der Waals surface area contributed by atoms with Gasteiger partial charge in [-0.2, -0.15) is 5.26 Å². The number of likely N-dealkylation sites (tertiary alicyclic amines) is 1. The number of carbonyl (C=O) groups excluding carboxylic acids is 1. The van der Waals surface area contributed by atoms with Gasteiger partial charge in [0.15, 0.2) is 11.6 Å². The van der Waals surface area contributed by atoms with E-state index in [9.17, 15) is 10.1 Å². The van der Waals surface area contributed by atoms with Gasteiger partial charge in [-0.15, -0.1) is 10.2 Å². The Labute approximate surface area is 175 Å². The number of hydrogen-bond acceptors (Lipinski definition) is 5. The minimum absolute atomic E-state index is 0.0144. The first-order valence-corrected chi connectivity index (χ1v) is 9.99. The van der Waals surface area contributed by atoms with Crippen molar-refractivity contribution in [3.63, 3.8) is 0 Å². The summed E-state index contributed by atoms with van der Waals surface area (Å²) in [6.45, 7) is 1.71. The predicted molar refractivity (Wildman–Crippen MR) is 112 cm³/mol. The number of methoxy groups -OCH3 is 1. The lowest BCUT2D eigenvalue weighted by atomic mass is 9.86. The highest BCUT2D eigenvalue weighted by atomic mass is 16.5. The van der Waals surface area contributed by atoms with Gasteiger partial charge in [-0.25, -0.2) is 0 Å². The fourth-order valence-corrected chi connectivity index (χ4v) is 3.96. The van der Waals surface area contributed by atoms with Crippen molar-refractivity contribution in [1.82, 2.24) is 20.1 Å². The Kier molecular flexibility index (Phi) is 5.87. The highest BCUT2D eigenvalue weighted by molar-refractivity contribution is 5.95. The van der Waals surface area contributed by atoms with Crippen molar-refractivity contribution >= 4 is 5.91 Å². The third-order valence-corrected chi connectivity index (χ3v) is 5.50. The van der Waals surface area contributed by atoms with Crippen LogP contribution in [0.4, 0.5) is 0 Å². The van der Waals surface area contributed by atoms with Gasteiger partial charge in [0, 0.05) is 31.3 Å². The third-order valence-electron chi connectivity index (χ3n) is 5.50. The van der Waals surface area contributed by atoms with Crippen LogP contribution in [-0.2, 0) is 11.3 Å². The summed E-state index contributed by atoms with van der Waals surface area (Å²) < 4.78 is 5.06. The van der Waals surface area contributed by atoms with Gasteiger partial charge in [-0.05, 0) is 42.5 Å². The molecule has 7 heteroatoms. The molecule has 2 aromatic carbocycles. The fourth-order valence-electron chi connectivity index (χ4n) is 3.96. The number of nitrogens with one attached hydrogen (secondary N) is 1. The van der Waals surface area contributed by atoms with Gasteiger partial charge in [-0.3, -0.25) is 4.79 Å². The Hall–Kier alpha value is -3.50. The maximum Gasteiger partial charge on any atom is 0.253 e. The number of nitriles is 1. The van der Waals surface area contributed by atoms with Gasteiger partial charge < -0.3 is 14.6 Å². The Balaban J connectivity index is 1.45. The summed E-state index contributed by atoms with van der Waals surface area (Å²) in [4.78, 5) is 18.1. The molecule has 0 radical (unpaired) electrons. The van der Waals surface area contributed by atoms with Gasteiger partial charge in [0.1, 0.15) is 6.61 Å². The quantitative estimate of drug-likeness (QED) is 0.706. The molecule has 152 valence electrons. The lowest BCUT2D eigenvalue weighted by Gasteiger charge is -2.32. The van der Waals surface area contributed by atoms with Crippen molar-refractivity contribution in [2.45, 2.75) is 25.4 Å². The van der Waals surface area contributed by atoms with Crippen LogP contribution in [0.5, 0.6) is 0 Å². The smallest absolute Gasteiger partial charge is 0.253 e. The van der Waals surface area contributed by atoms with Crippen molar-refractivity contribution in [2.24, 2.45) is 0 Å². The van der Waals surface area contributed by atoms with E-state index in [1.54, 1.807) is 7.11 Å². The molecule has 1 N–H and O–H groups in total. The van der Waals surface area contributed by atoms with Crippen LogP contribution in [0.2, 0.25) is 0 Å². The molecule has 0 bridgehead atoms. The van der Waals surface area contributed by atoms with Crippen LogP contribution in [0.25, 0.3) is 11.4 Å². The molecular formula is C23H23N5O2. The maximum atomic E-state index is 13.1. The van der Waals surface area contributed by atoms with Crippen molar-refractivity contribution in [3.8, 4) is 17.5 Å². The molecule has 3 aromatic rings. The lowest BCUT2D eigenvalue weighted by Crippen LogP contribution is -2.38. The molecule has 0 unspecified atom stereocenters. The first kappa shape index (κ1) is 19.8. The molecular weight excluding hydrogens is 378 g/mol. The van der Waals surface area contributed by atoms with E-state index in [2.05, 4.69) is 21.3 Å². The number of rotatable bonds is 5. The van der Waals surface area contributed by atoms with Gasteiger partial charge in [0.2, 0.25) is 0 Å². The third kappa shape index (κ3) is 4.09. The van der Waals surface area contributed by atoms with Crippen LogP contribution in [-0.4, -0.2) is 46.2 Å². The molecule has 30 heavy (non-hydrogen) atoms. The van der Waals surface area contributed by atoms with E-state index < -0.39 is 0 Å². The van der Waals surface area contributed by atoms with Gasteiger partial charge in [-0.1, -0.05) is 30.3 Å². The average molecular weight is 401 g/mol. The van der Waals surface area contributed by atoms with E-state index in [4.69, 9.17) is 4.74 Å². The standard InChI is InChI=1S/C23H23N5O2/c1-30-15-21-25-22(27-26-21)17-6-4-7-18(13-17)23(29)28-11-9-16(10-12-28)20-8-3-2-5-19(20)14-24/h2-8,13,16H,9-12,15H2,1H3,(H,25,26,27). The Bertz CT molecular complexity index is 1080. The van der Waals surface area contributed by atoms with E-state index in [0.29, 0.717) is 42.8 Å². The van der Waals surface area contributed by atoms with Crippen LogP contribution in [0.1, 0.15) is 46.1 Å². The second-order valence-electron chi connectivity index (χ2n) is 7.40. The number of amides is 1. The van der Waals surface area contributed by atoms with E-state index >= 15 is 0 Å². The topological polar surface area (TPSA) is 94.9 Å². The van der Waals surface area contributed by atoms with E-state index in [1.165, 1.54) is 0 Å². The van der Waals surface area contributed by atoms with Crippen LogP contribution < -0.4 is 0 Å². The zero-order valence-corrected chi connectivity index (χ0v) is 16.8. The van der Waals surface area contributed by atoms with Crippen LogP contribution in [0.15, 0.2) is 48.5 Å². The van der Waals surface area contributed by atoms with Crippen LogP contribution >= 0.6 is 0 Å². The minimum Gasteiger partial charge on any atom is -0.377 e. The molecule has 7 nitrogen and oxygen atoms in total. The number of piperidine rings is 1. The van der Waals surface area contributed by atoms with E-state index in [0.717, 1.165) is 29.5 Å². The normalized spacial score (nSPS) is 14.5. The van der Waals surface area contributed by atoms with Crippen molar-refractivity contribution in [3.05, 3.63) is 71.0 Å². The first-order chi connectivity index (χ1) is 14.7. The highest BCUT2D eigenvalue weighted by Gasteiger charge is 2.26. The average Bonchev–Trinajstić information content (AvgIpc) is 3.28. The highest BCUT2D eigenvalue weighted by Crippen LogP contribution is 2.31. The summed E-state index contributed by atoms with van der Waals surface area (Å²) in [5.41, 5.74) is 3.27. The number of aromatic amines is 1. The first-order valence-electron chi connectivity index (χ1n) is 9.99. The second-order valence-corrected chi connectivity index (χ2v) is 7.40. The van der Waals surface area contributed by atoms with Gasteiger partial charge >= 0.3 is 0 Å². The molecule has 1 aliphatic heterocycles. The summed E-state index contributed by atoms with van der Waals surface area (Å²) >= 11 is 0. The molecule has 1 aliphatic rings. The molecule has 4 rings (SSSR count). The Morgan fingerprint density at radius 3 is 2.77 bits per heavy atom. The van der Waals surface area contributed by atoms with Crippen molar-refractivity contribution in [2.75, 3.05) is 20.2 Å². The molecule has 2 heterocycles. The number of carbonyl (C=O) groups is 1. The summed E-state index contributed by atoms with van der Waals surface area (Å²) in [7, 11) is 1.60. The molecule has 1 fully saturated rings. The van der Waals surface area contributed by atoms with Crippen LogP contribution in [0.3, 0.4) is 0 Å². The molecule has 1 saturated heterocycles. The summed E-state index contributed by atoms with van der Waals surface area (Å²) in [6.07, 6.45) is 1.71. The lowest BCUT2D eigenvalue weighted by molar-refractivity contribution is 0.0713. The zero-order chi connectivity index (χ0) is 20.9. The fraction of sp³-hybridized carbons (Fsp3) is 0.304. The van der Waals surface area contributed by atoms with E-state index in [1.807, 2.05) is 53.4 Å². The summed E-state index contributed by atoms with van der Waals surface area (Å²) in [5.74, 6) is 1.58. The Morgan fingerprint density at radius 2 is 2.00 bits per heavy atom. The Morgan fingerprint density at radius 1 is 1.20 bits per heavy atom.